The summed E-state index contributed by atoms with van der Waals surface area (Å²) in [6.45, 7) is 3.81. The van der Waals surface area contributed by atoms with Crippen molar-refractivity contribution in [2.24, 2.45) is 0 Å². The molecule has 0 aliphatic rings. The van der Waals surface area contributed by atoms with E-state index in [1.165, 1.54) is 12.1 Å². The first kappa shape index (κ1) is 20.3. The zero-order valence-corrected chi connectivity index (χ0v) is 18.2. The summed E-state index contributed by atoms with van der Waals surface area (Å²) >= 11 is 0. The molecule has 0 atom stereocenters. The quantitative estimate of drug-likeness (QED) is 0.534. The van der Waals surface area contributed by atoms with E-state index in [-0.39, 0.29) is 114 Å². The molecule has 0 N–H and O–H groups in total. The van der Waals surface area contributed by atoms with E-state index >= 15 is 0 Å². The molecule has 19 heavy (non-hydrogen) atoms. The van der Waals surface area contributed by atoms with Crippen LogP contribution in [0.15, 0.2) is 48.5 Å². The molecule has 4 heteroatoms. The summed E-state index contributed by atoms with van der Waals surface area (Å²) in [6, 6.07) is 13.7. The van der Waals surface area contributed by atoms with Gasteiger partial charge in [-0.1, -0.05) is 62.4 Å². The first-order valence-electron chi connectivity index (χ1n) is 5.56. The second-order valence-electron chi connectivity index (χ2n) is 4.62. The van der Waals surface area contributed by atoms with E-state index < -0.39 is 5.41 Å². The van der Waals surface area contributed by atoms with E-state index in [9.17, 15) is 10.2 Å². The molecule has 0 unspecified atom stereocenters. The molecule has 2 aromatic rings. The third-order valence-electron chi connectivity index (χ3n) is 3.12. The Bertz CT molecular complexity index is 492. The minimum atomic E-state index is -0.559. The number of rotatable bonds is 2. The zero-order chi connectivity index (χ0) is 12.5. The van der Waals surface area contributed by atoms with Gasteiger partial charge in [0.1, 0.15) is 0 Å². The molecule has 2 rings (SSSR count). The maximum Gasteiger partial charge on any atom is 1.00 e. The molecule has 0 aliphatic heterocycles. The van der Waals surface area contributed by atoms with Gasteiger partial charge in [-0.2, -0.15) is 0 Å². The molecule has 0 bridgehead atoms. The molecule has 0 radical (unpaired) electrons. The fourth-order valence-corrected chi connectivity index (χ4v) is 2.11. The van der Waals surface area contributed by atoms with Crippen LogP contribution in [0.25, 0.3) is 0 Å². The fraction of sp³-hybridized carbons (Fsp3) is 0.200. The van der Waals surface area contributed by atoms with Gasteiger partial charge >= 0.3 is 103 Å². The first-order chi connectivity index (χ1) is 8.03. The smallest absolute Gasteiger partial charge is 0.872 e. The SMILES string of the molecule is CC(C)(c1ccccc1[O-])c1ccccc1[O-].[K+].[K+]. The molecule has 2 nitrogen and oxygen atoms in total. The molecule has 0 aliphatic carbocycles. The number of para-hydroxylation sites is 2. The minimum absolute atomic E-state index is 0. The third kappa shape index (κ3) is 4.64. The van der Waals surface area contributed by atoms with Crippen LogP contribution in [0.2, 0.25) is 0 Å². The van der Waals surface area contributed by atoms with E-state index in [1.54, 1.807) is 24.3 Å². The van der Waals surface area contributed by atoms with Gasteiger partial charge in [-0.25, -0.2) is 0 Å². The fourth-order valence-electron chi connectivity index (χ4n) is 2.11. The van der Waals surface area contributed by atoms with Gasteiger partial charge in [0.25, 0.3) is 0 Å². The van der Waals surface area contributed by atoms with Gasteiger partial charge in [0.2, 0.25) is 0 Å². The zero-order valence-electron chi connectivity index (χ0n) is 11.9. The Morgan fingerprint density at radius 1 is 0.684 bits per heavy atom. The second-order valence-corrected chi connectivity index (χ2v) is 4.62. The van der Waals surface area contributed by atoms with Crippen LogP contribution in [-0.2, 0) is 5.41 Å². The summed E-state index contributed by atoms with van der Waals surface area (Å²) in [4.78, 5) is 0. The van der Waals surface area contributed by atoms with Crippen molar-refractivity contribution < 1.29 is 113 Å². The Labute approximate surface area is 199 Å². The number of benzene rings is 2. The molecular weight excluding hydrogens is 290 g/mol. The monoisotopic (exact) mass is 304 g/mol. The average molecular weight is 304 g/mol. The van der Waals surface area contributed by atoms with E-state index in [0.717, 1.165) is 0 Å². The van der Waals surface area contributed by atoms with Crippen LogP contribution < -0.4 is 113 Å². The molecule has 88 valence electrons. The van der Waals surface area contributed by atoms with Crippen molar-refractivity contribution in [3.05, 3.63) is 59.7 Å². The van der Waals surface area contributed by atoms with E-state index in [2.05, 4.69) is 0 Å². The summed E-state index contributed by atoms with van der Waals surface area (Å²) in [7, 11) is 0. The van der Waals surface area contributed by atoms with Crippen molar-refractivity contribution in [2.75, 3.05) is 0 Å². The first-order valence-corrected chi connectivity index (χ1v) is 5.56. The van der Waals surface area contributed by atoms with Crippen LogP contribution in [-0.4, -0.2) is 0 Å². The topological polar surface area (TPSA) is 46.1 Å². The standard InChI is InChI=1S/C15H16O2.2K/c1-15(2,11-7-3-5-9-13(11)16)12-8-4-6-10-14(12)17;;/h3-10,16-17H,1-2H3;;/q;2*+1/p-2. The van der Waals surface area contributed by atoms with Crippen molar-refractivity contribution in [1.82, 2.24) is 0 Å². The van der Waals surface area contributed by atoms with Crippen molar-refractivity contribution in [2.45, 2.75) is 19.3 Å². The Kier molecular flexibility index (Phi) is 9.28. The van der Waals surface area contributed by atoms with Crippen molar-refractivity contribution in [3.63, 3.8) is 0 Å². The predicted octanol–water partition coefficient (Wildman–Crippen LogP) is -3.83. The van der Waals surface area contributed by atoms with Gasteiger partial charge in [0.05, 0.1) is 0 Å². The van der Waals surface area contributed by atoms with Gasteiger partial charge in [-0.05, 0) is 11.1 Å². The molecule has 0 saturated heterocycles. The second kappa shape index (κ2) is 8.68. The van der Waals surface area contributed by atoms with E-state index in [4.69, 9.17) is 0 Å². The Hall–Kier alpha value is 1.31. The van der Waals surface area contributed by atoms with Crippen molar-refractivity contribution >= 4 is 0 Å². The molecule has 0 aromatic heterocycles. The summed E-state index contributed by atoms with van der Waals surface area (Å²) < 4.78 is 0. The van der Waals surface area contributed by atoms with E-state index in [1.807, 2.05) is 26.0 Å². The largest absolute Gasteiger partial charge is 1.00 e. The maximum absolute atomic E-state index is 11.8. The van der Waals surface area contributed by atoms with Crippen LogP contribution in [0.1, 0.15) is 25.0 Å². The minimum Gasteiger partial charge on any atom is -0.872 e. The Morgan fingerprint density at radius 3 is 1.32 bits per heavy atom. The van der Waals surface area contributed by atoms with Gasteiger partial charge in [0, 0.05) is 5.41 Å². The Morgan fingerprint density at radius 2 is 1.00 bits per heavy atom. The van der Waals surface area contributed by atoms with E-state index in [0.29, 0.717) is 11.1 Å². The molecule has 2 aromatic carbocycles. The van der Waals surface area contributed by atoms with Crippen LogP contribution in [0.3, 0.4) is 0 Å². The van der Waals surface area contributed by atoms with Crippen LogP contribution in [0, 0.1) is 0 Å². The molecule has 0 spiro atoms. The summed E-state index contributed by atoms with van der Waals surface area (Å²) in [6.07, 6.45) is 0. The van der Waals surface area contributed by atoms with Crippen molar-refractivity contribution in [3.8, 4) is 11.5 Å². The maximum atomic E-state index is 11.8. The molecule has 0 saturated carbocycles. The molecular formula is C15H14K2O2. The normalized spacial score (nSPS) is 10.2. The van der Waals surface area contributed by atoms with Gasteiger partial charge in [-0.15, -0.1) is 11.5 Å². The van der Waals surface area contributed by atoms with Crippen LogP contribution in [0.4, 0.5) is 0 Å². The van der Waals surface area contributed by atoms with Crippen LogP contribution in [0.5, 0.6) is 11.5 Å². The molecule has 0 fully saturated rings. The predicted molar refractivity (Wildman–Crippen MR) is 63.9 cm³/mol. The Balaban J connectivity index is 0.00000162. The molecule has 0 heterocycles. The summed E-state index contributed by atoms with van der Waals surface area (Å²) in [5.41, 5.74) is 0.753. The van der Waals surface area contributed by atoms with Gasteiger partial charge in [0.15, 0.2) is 0 Å². The average Bonchev–Trinajstić information content (AvgIpc) is 2.29. The van der Waals surface area contributed by atoms with Gasteiger partial charge < -0.3 is 10.2 Å². The van der Waals surface area contributed by atoms with Gasteiger partial charge in [-0.3, -0.25) is 0 Å². The van der Waals surface area contributed by atoms with Crippen molar-refractivity contribution in [1.29, 1.82) is 0 Å². The van der Waals surface area contributed by atoms with Crippen LogP contribution >= 0.6 is 0 Å². The third-order valence-corrected chi connectivity index (χ3v) is 3.12. The number of hydrogen-bond acceptors (Lipinski definition) is 2. The summed E-state index contributed by atoms with van der Waals surface area (Å²) in [5, 5.41) is 23.7. The molecule has 0 amide bonds. The summed E-state index contributed by atoms with van der Waals surface area (Å²) in [5.74, 6) is -0.0542. The number of hydrogen-bond donors (Lipinski definition) is 0.